The van der Waals surface area contributed by atoms with Gasteiger partial charge >= 0.3 is 0 Å². The molecule has 0 aliphatic carbocycles. The Balaban J connectivity index is 1.70. The van der Waals surface area contributed by atoms with Gasteiger partial charge in [-0.05, 0) is 44.9 Å². The third kappa shape index (κ3) is 2.06. The lowest BCUT2D eigenvalue weighted by molar-refractivity contribution is 0.676. The molecule has 4 heteroatoms. The highest BCUT2D eigenvalue weighted by Gasteiger charge is 2.28. The fourth-order valence-corrected chi connectivity index (χ4v) is 3.54. The van der Waals surface area contributed by atoms with E-state index >= 15 is 0 Å². The predicted molar refractivity (Wildman–Crippen MR) is 90.0 cm³/mol. The van der Waals surface area contributed by atoms with Crippen LogP contribution in [0.5, 0.6) is 0 Å². The summed E-state index contributed by atoms with van der Waals surface area (Å²) in [5.74, 6) is 0.987. The van der Waals surface area contributed by atoms with Crippen molar-refractivity contribution in [2.75, 3.05) is 4.90 Å². The van der Waals surface area contributed by atoms with Crippen LogP contribution >= 0.6 is 0 Å². The first kappa shape index (κ1) is 13.3. The van der Waals surface area contributed by atoms with Crippen molar-refractivity contribution in [3.63, 3.8) is 0 Å². The number of H-pyrrole nitrogens is 1. The first-order chi connectivity index (χ1) is 10.7. The Hall–Kier alpha value is -2.36. The SMILES string of the molecule is C[C@@H]1CC[C@H](C)N1c1ccc(-c2c[nH]c3ccccc23)nn1. The average molecular weight is 292 g/mol. The summed E-state index contributed by atoms with van der Waals surface area (Å²) < 4.78 is 0. The summed E-state index contributed by atoms with van der Waals surface area (Å²) in [6.45, 7) is 4.53. The van der Waals surface area contributed by atoms with Gasteiger partial charge in [-0.3, -0.25) is 0 Å². The van der Waals surface area contributed by atoms with Crippen LogP contribution in [0.1, 0.15) is 26.7 Å². The van der Waals surface area contributed by atoms with Gasteiger partial charge in [-0.25, -0.2) is 0 Å². The third-order valence-corrected chi connectivity index (χ3v) is 4.73. The number of hydrogen-bond acceptors (Lipinski definition) is 3. The van der Waals surface area contributed by atoms with Crippen LogP contribution in [0.3, 0.4) is 0 Å². The second-order valence-corrected chi connectivity index (χ2v) is 6.21. The number of hydrogen-bond donors (Lipinski definition) is 1. The molecule has 0 saturated carbocycles. The third-order valence-electron chi connectivity index (χ3n) is 4.73. The average Bonchev–Trinajstić information content (AvgIpc) is 3.11. The maximum Gasteiger partial charge on any atom is 0.151 e. The molecule has 3 heterocycles. The van der Waals surface area contributed by atoms with Crippen molar-refractivity contribution in [3.8, 4) is 11.3 Å². The number of aromatic nitrogens is 3. The Morgan fingerprint density at radius 1 is 1.00 bits per heavy atom. The molecule has 4 rings (SSSR count). The topological polar surface area (TPSA) is 44.8 Å². The molecule has 0 spiro atoms. The Bertz CT molecular complexity index is 780. The summed E-state index contributed by atoms with van der Waals surface area (Å²) in [5, 5.41) is 10.1. The molecule has 1 aliphatic heterocycles. The van der Waals surface area contributed by atoms with Gasteiger partial charge < -0.3 is 9.88 Å². The molecule has 3 aromatic rings. The van der Waals surface area contributed by atoms with Crippen molar-refractivity contribution in [2.45, 2.75) is 38.8 Å². The Morgan fingerprint density at radius 2 is 1.77 bits per heavy atom. The highest BCUT2D eigenvalue weighted by Crippen LogP contribution is 2.31. The summed E-state index contributed by atoms with van der Waals surface area (Å²) in [6, 6.07) is 13.5. The monoisotopic (exact) mass is 292 g/mol. The summed E-state index contributed by atoms with van der Waals surface area (Å²) in [7, 11) is 0. The summed E-state index contributed by atoms with van der Waals surface area (Å²) in [5.41, 5.74) is 3.16. The minimum atomic E-state index is 0.545. The van der Waals surface area contributed by atoms with Gasteiger partial charge in [-0.2, -0.15) is 0 Å². The lowest BCUT2D eigenvalue weighted by Crippen LogP contribution is -2.33. The van der Waals surface area contributed by atoms with E-state index in [-0.39, 0.29) is 0 Å². The van der Waals surface area contributed by atoms with Crippen molar-refractivity contribution >= 4 is 16.7 Å². The lowest BCUT2D eigenvalue weighted by Gasteiger charge is -2.26. The standard InChI is InChI=1S/C18H20N4/c1-12-7-8-13(2)22(12)18-10-9-17(20-21-18)15-11-19-16-6-4-3-5-14(15)16/h3-6,9-13,19H,7-8H2,1-2H3/t12-,13+. The number of aromatic amines is 1. The number of nitrogens with one attached hydrogen (secondary N) is 1. The summed E-state index contributed by atoms with van der Waals surface area (Å²) in [4.78, 5) is 5.67. The first-order valence-electron chi connectivity index (χ1n) is 7.92. The van der Waals surface area contributed by atoms with Crippen molar-refractivity contribution < 1.29 is 0 Å². The van der Waals surface area contributed by atoms with E-state index in [4.69, 9.17) is 0 Å². The smallest absolute Gasteiger partial charge is 0.151 e. The van der Waals surface area contributed by atoms with Gasteiger partial charge in [0.2, 0.25) is 0 Å². The van der Waals surface area contributed by atoms with E-state index in [2.05, 4.69) is 64.3 Å². The zero-order valence-corrected chi connectivity index (χ0v) is 13.0. The van der Waals surface area contributed by atoms with Crippen LogP contribution in [0.25, 0.3) is 22.2 Å². The molecule has 0 unspecified atom stereocenters. The van der Waals surface area contributed by atoms with E-state index in [1.54, 1.807) is 0 Å². The molecule has 2 aromatic heterocycles. The zero-order chi connectivity index (χ0) is 15.1. The van der Waals surface area contributed by atoms with E-state index in [9.17, 15) is 0 Å². The quantitative estimate of drug-likeness (QED) is 0.776. The summed E-state index contributed by atoms with van der Waals surface area (Å²) in [6.07, 6.45) is 4.47. The molecule has 0 radical (unpaired) electrons. The Labute approximate surface area is 130 Å². The highest BCUT2D eigenvalue weighted by molar-refractivity contribution is 5.94. The Kier molecular flexibility index (Phi) is 3.10. The molecule has 112 valence electrons. The van der Waals surface area contributed by atoms with Gasteiger partial charge in [0.15, 0.2) is 5.82 Å². The molecule has 0 amide bonds. The Morgan fingerprint density at radius 3 is 2.50 bits per heavy atom. The molecule has 2 atom stereocenters. The van der Waals surface area contributed by atoms with E-state index in [1.807, 2.05) is 12.3 Å². The fourth-order valence-electron chi connectivity index (χ4n) is 3.54. The van der Waals surface area contributed by atoms with Crippen molar-refractivity contribution in [3.05, 3.63) is 42.6 Å². The van der Waals surface area contributed by atoms with Crippen molar-refractivity contribution in [1.82, 2.24) is 15.2 Å². The first-order valence-corrected chi connectivity index (χ1v) is 7.92. The van der Waals surface area contributed by atoms with Gasteiger partial charge in [0, 0.05) is 34.7 Å². The van der Waals surface area contributed by atoms with Gasteiger partial charge in [0.1, 0.15) is 0 Å². The summed E-state index contributed by atoms with van der Waals surface area (Å²) >= 11 is 0. The maximum absolute atomic E-state index is 4.49. The number of benzene rings is 1. The number of anilines is 1. The number of para-hydroxylation sites is 1. The second kappa shape index (κ2) is 5.13. The predicted octanol–water partition coefficient (Wildman–Crippen LogP) is 4.00. The maximum atomic E-state index is 4.49. The number of nitrogens with zero attached hydrogens (tertiary/aromatic N) is 3. The molecule has 22 heavy (non-hydrogen) atoms. The molecule has 1 saturated heterocycles. The molecular weight excluding hydrogens is 272 g/mol. The number of fused-ring (bicyclic) bond motifs is 1. The van der Waals surface area contributed by atoms with E-state index in [0.717, 1.165) is 22.6 Å². The van der Waals surface area contributed by atoms with Gasteiger partial charge in [-0.15, -0.1) is 10.2 Å². The largest absolute Gasteiger partial charge is 0.360 e. The van der Waals surface area contributed by atoms with Crippen molar-refractivity contribution in [2.24, 2.45) is 0 Å². The minimum Gasteiger partial charge on any atom is -0.360 e. The molecule has 1 aromatic carbocycles. The normalized spacial score (nSPS) is 21.6. The molecular formula is C18H20N4. The molecule has 4 nitrogen and oxygen atoms in total. The van der Waals surface area contributed by atoms with Crippen molar-refractivity contribution in [1.29, 1.82) is 0 Å². The minimum absolute atomic E-state index is 0.545. The van der Waals surface area contributed by atoms with E-state index < -0.39 is 0 Å². The molecule has 1 aliphatic rings. The highest BCUT2D eigenvalue weighted by atomic mass is 15.3. The van der Waals surface area contributed by atoms with Gasteiger partial charge in [0.05, 0.1) is 5.69 Å². The molecule has 1 N–H and O–H groups in total. The number of rotatable bonds is 2. The van der Waals surface area contributed by atoms with Crippen LogP contribution in [0, 0.1) is 0 Å². The van der Waals surface area contributed by atoms with E-state index in [1.165, 1.54) is 18.2 Å². The van der Waals surface area contributed by atoms with Gasteiger partial charge in [-0.1, -0.05) is 18.2 Å². The van der Waals surface area contributed by atoms with E-state index in [0.29, 0.717) is 12.1 Å². The molecule has 0 bridgehead atoms. The van der Waals surface area contributed by atoms with Gasteiger partial charge in [0.25, 0.3) is 0 Å². The molecule has 1 fully saturated rings. The van der Waals surface area contributed by atoms with Crippen LogP contribution in [0.2, 0.25) is 0 Å². The lowest BCUT2D eigenvalue weighted by atomic mass is 10.1. The van der Waals surface area contributed by atoms with Crippen LogP contribution < -0.4 is 4.90 Å². The van der Waals surface area contributed by atoms with Crippen LogP contribution in [0.4, 0.5) is 5.82 Å². The van der Waals surface area contributed by atoms with Crippen LogP contribution in [0.15, 0.2) is 42.6 Å². The van der Waals surface area contributed by atoms with Crippen LogP contribution in [-0.4, -0.2) is 27.3 Å². The van der Waals surface area contributed by atoms with Crippen LogP contribution in [-0.2, 0) is 0 Å². The second-order valence-electron chi connectivity index (χ2n) is 6.21. The fraction of sp³-hybridized carbons (Fsp3) is 0.333. The zero-order valence-electron chi connectivity index (χ0n) is 13.0.